The van der Waals surface area contributed by atoms with Gasteiger partial charge in [-0.15, -0.1) is 0 Å². The average molecular weight is 531 g/mol. The van der Waals surface area contributed by atoms with Crippen molar-refractivity contribution in [2.75, 3.05) is 5.32 Å². The molecule has 7 heteroatoms. The number of ether oxygens (including phenoxy) is 1. The van der Waals surface area contributed by atoms with Crippen molar-refractivity contribution in [2.24, 2.45) is 0 Å². The molecule has 208 valence electrons. The van der Waals surface area contributed by atoms with Gasteiger partial charge in [0.05, 0.1) is 29.4 Å². The molecule has 1 unspecified atom stereocenters. The molecule has 1 amide bonds. The van der Waals surface area contributed by atoms with E-state index in [1.54, 1.807) is 6.20 Å². The van der Waals surface area contributed by atoms with Crippen LogP contribution in [0, 0.1) is 0 Å². The number of hydrogen-bond acceptors (Lipinski definition) is 5. The van der Waals surface area contributed by atoms with Crippen molar-refractivity contribution >= 4 is 17.7 Å². The van der Waals surface area contributed by atoms with Gasteiger partial charge in [-0.25, -0.2) is 4.68 Å². The normalized spacial score (nSPS) is 16.3. The third-order valence-electron chi connectivity index (χ3n) is 7.86. The largest absolute Gasteiger partial charge is 0.463 e. The number of aryl methyl sites for hydroxylation is 1. The summed E-state index contributed by atoms with van der Waals surface area (Å²) in [5.41, 5.74) is 3.09. The summed E-state index contributed by atoms with van der Waals surface area (Å²) >= 11 is 0. The zero-order valence-electron chi connectivity index (χ0n) is 24.1. The van der Waals surface area contributed by atoms with Crippen molar-refractivity contribution in [1.82, 2.24) is 15.1 Å². The molecule has 2 N–H and O–H groups in total. The van der Waals surface area contributed by atoms with Gasteiger partial charge in [0.1, 0.15) is 11.4 Å². The smallest absolute Gasteiger partial charge is 0.306 e. The van der Waals surface area contributed by atoms with Gasteiger partial charge in [-0.3, -0.25) is 9.59 Å². The molecule has 0 aliphatic carbocycles. The first-order valence-electron chi connectivity index (χ1n) is 14.1. The molecule has 7 nitrogen and oxygen atoms in total. The minimum Gasteiger partial charge on any atom is -0.463 e. The van der Waals surface area contributed by atoms with E-state index in [0.717, 1.165) is 36.2 Å². The van der Waals surface area contributed by atoms with Gasteiger partial charge >= 0.3 is 5.97 Å². The Morgan fingerprint density at radius 1 is 1.10 bits per heavy atom. The highest BCUT2D eigenvalue weighted by Gasteiger charge is 2.38. The number of hydrogen-bond donors (Lipinski definition) is 2. The molecule has 0 radical (unpaired) electrons. The van der Waals surface area contributed by atoms with Crippen LogP contribution in [-0.4, -0.2) is 27.8 Å². The molecule has 2 aromatic carbocycles. The SMILES string of the molecule is CCC(CC)(NC(=O)c1cnn2c1NC(c1ccccc1)CC2(C)C)c1ccc(CCC(=O)OC(C)C)cc1. The molecule has 1 aromatic heterocycles. The third kappa shape index (κ3) is 6.18. The van der Waals surface area contributed by atoms with Crippen molar-refractivity contribution in [3.63, 3.8) is 0 Å². The first-order chi connectivity index (χ1) is 18.6. The van der Waals surface area contributed by atoms with E-state index >= 15 is 0 Å². The number of fused-ring (bicyclic) bond motifs is 1. The van der Waals surface area contributed by atoms with E-state index in [9.17, 15) is 9.59 Å². The molecule has 1 aliphatic rings. The fourth-order valence-corrected chi connectivity index (χ4v) is 5.55. The van der Waals surface area contributed by atoms with Gasteiger partial charge in [0.15, 0.2) is 0 Å². The Morgan fingerprint density at radius 2 is 1.77 bits per heavy atom. The maximum absolute atomic E-state index is 13.8. The summed E-state index contributed by atoms with van der Waals surface area (Å²) in [4.78, 5) is 25.8. The Balaban J connectivity index is 1.54. The van der Waals surface area contributed by atoms with Crippen molar-refractivity contribution in [2.45, 2.75) is 96.9 Å². The van der Waals surface area contributed by atoms with Gasteiger partial charge < -0.3 is 15.4 Å². The maximum atomic E-state index is 13.8. The van der Waals surface area contributed by atoms with Gasteiger partial charge in [0.25, 0.3) is 5.91 Å². The van der Waals surface area contributed by atoms with Crippen LogP contribution in [0.1, 0.15) is 100 Å². The zero-order valence-corrected chi connectivity index (χ0v) is 24.1. The molecule has 0 spiro atoms. The van der Waals surface area contributed by atoms with Crippen LogP contribution < -0.4 is 10.6 Å². The lowest BCUT2D eigenvalue weighted by Gasteiger charge is -2.38. The zero-order chi connectivity index (χ0) is 28.2. The number of rotatable bonds is 10. The summed E-state index contributed by atoms with van der Waals surface area (Å²) in [6.07, 6.45) is 4.89. The van der Waals surface area contributed by atoms with E-state index in [2.05, 4.69) is 67.7 Å². The number of esters is 1. The number of carbonyl (C=O) groups is 2. The molecule has 0 saturated carbocycles. The topological polar surface area (TPSA) is 85.3 Å². The van der Waals surface area contributed by atoms with Crippen LogP contribution >= 0.6 is 0 Å². The van der Waals surface area contributed by atoms with Crippen molar-refractivity contribution in [3.05, 3.63) is 83.0 Å². The lowest BCUT2D eigenvalue weighted by Crippen LogP contribution is -2.45. The summed E-state index contributed by atoms with van der Waals surface area (Å²) in [5.74, 6) is 0.424. The third-order valence-corrected chi connectivity index (χ3v) is 7.86. The van der Waals surface area contributed by atoms with Crippen LogP contribution in [0.4, 0.5) is 5.82 Å². The van der Waals surface area contributed by atoms with Crippen LogP contribution in [0.5, 0.6) is 0 Å². The second-order valence-electron chi connectivity index (χ2n) is 11.4. The minimum absolute atomic E-state index is 0.0874. The number of anilines is 1. The van der Waals surface area contributed by atoms with Crippen molar-refractivity contribution in [3.8, 4) is 0 Å². The monoisotopic (exact) mass is 530 g/mol. The first-order valence-corrected chi connectivity index (χ1v) is 14.1. The summed E-state index contributed by atoms with van der Waals surface area (Å²) in [6.45, 7) is 12.2. The molecule has 39 heavy (non-hydrogen) atoms. The summed E-state index contributed by atoms with van der Waals surface area (Å²) in [6, 6.07) is 18.7. The highest BCUT2D eigenvalue weighted by atomic mass is 16.5. The Bertz CT molecular complexity index is 1270. The van der Waals surface area contributed by atoms with Crippen LogP contribution in [-0.2, 0) is 27.0 Å². The fourth-order valence-electron chi connectivity index (χ4n) is 5.55. The first kappa shape index (κ1) is 28.4. The van der Waals surface area contributed by atoms with E-state index in [-0.39, 0.29) is 29.6 Å². The van der Waals surface area contributed by atoms with Gasteiger partial charge in [-0.05, 0) is 70.1 Å². The van der Waals surface area contributed by atoms with Crippen LogP contribution in [0.2, 0.25) is 0 Å². The van der Waals surface area contributed by atoms with Crippen molar-refractivity contribution < 1.29 is 14.3 Å². The molecule has 4 rings (SSSR count). The Kier molecular flexibility index (Phi) is 8.48. The second-order valence-corrected chi connectivity index (χ2v) is 11.4. The van der Waals surface area contributed by atoms with Crippen molar-refractivity contribution in [1.29, 1.82) is 0 Å². The van der Waals surface area contributed by atoms with Gasteiger partial charge in [0.2, 0.25) is 0 Å². The quantitative estimate of drug-likeness (QED) is 0.292. The van der Waals surface area contributed by atoms with Gasteiger partial charge in [-0.1, -0.05) is 68.4 Å². The summed E-state index contributed by atoms with van der Waals surface area (Å²) in [7, 11) is 0. The molecule has 1 atom stereocenters. The van der Waals surface area contributed by atoms with E-state index in [0.29, 0.717) is 18.4 Å². The molecule has 2 heterocycles. The van der Waals surface area contributed by atoms with Crippen LogP contribution in [0.15, 0.2) is 60.8 Å². The number of benzene rings is 2. The second kappa shape index (κ2) is 11.6. The summed E-state index contributed by atoms with van der Waals surface area (Å²) < 4.78 is 7.19. The van der Waals surface area contributed by atoms with E-state index in [4.69, 9.17) is 4.74 Å². The molecule has 1 aliphatic heterocycles. The fraction of sp³-hybridized carbons (Fsp3) is 0.469. The molecular weight excluding hydrogens is 488 g/mol. The van der Waals surface area contributed by atoms with Gasteiger partial charge in [-0.2, -0.15) is 5.10 Å². The highest BCUT2D eigenvalue weighted by Crippen LogP contribution is 2.40. The predicted octanol–water partition coefficient (Wildman–Crippen LogP) is 6.50. The number of carbonyl (C=O) groups excluding carboxylic acids is 2. The number of aromatic nitrogens is 2. The Labute approximate surface area is 232 Å². The molecular formula is C32H42N4O3. The molecule has 0 fully saturated rings. The van der Waals surface area contributed by atoms with Gasteiger partial charge in [0, 0.05) is 6.42 Å². The lowest BCUT2D eigenvalue weighted by molar-refractivity contribution is -0.147. The Morgan fingerprint density at radius 3 is 2.38 bits per heavy atom. The molecule has 0 bridgehead atoms. The standard InChI is InChI=1S/C32H42N4O3/c1-7-32(8-2,25-17-14-23(15-18-25)16-19-28(37)39-22(3)4)35-30(38)26-21-33-36-29(26)34-27(20-31(36,5)6)24-12-10-9-11-13-24/h9-15,17-18,21-22,27,34H,7-8,16,19-20H2,1-6H3,(H,35,38). The van der Waals surface area contributed by atoms with Crippen LogP contribution in [0.3, 0.4) is 0 Å². The van der Waals surface area contributed by atoms with Crippen LogP contribution in [0.25, 0.3) is 0 Å². The maximum Gasteiger partial charge on any atom is 0.306 e. The number of nitrogens with one attached hydrogen (secondary N) is 2. The van der Waals surface area contributed by atoms with E-state index in [1.165, 1.54) is 5.56 Å². The highest BCUT2D eigenvalue weighted by molar-refractivity contribution is 5.99. The average Bonchev–Trinajstić information content (AvgIpc) is 3.36. The predicted molar refractivity (Wildman–Crippen MR) is 155 cm³/mol. The molecule has 0 saturated heterocycles. The Hall–Kier alpha value is -3.61. The number of amides is 1. The van der Waals surface area contributed by atoms with E-state index in [1.807, 2.05) is 48.9 Å². The minimum atomic E-state index is -0.524. The number of nitrogens with zero attached hydrogens (tertiary/aromatic N) is 2. The molecule has 3 aromatic rings. The lowest BCUT2D eigenvalue weighted by atomic mass is 9.83. The summed E-state index contributed by atoms with van der Waals surface area (Å²) in [5, 5.41) is 11.6. The van der Waals surface area contributed by atoms with E-state index < -0.39 is 5.54 Å².